The third-order valence-electron chi connectivity index (χ3n) is 3.07. The van der Waals surface area contributed by atoms with Gasteiger partial charge in [0.2, 0.25) is 5.91 Å². The smallest absolute Gasteiger partial charge is 0.342 e. The van der Waals surface area contributed by atoms with Crippen molar-refractivity contribution < 1.29 is 18.0 Å². The van der Waals surface area contributed by atoms with E-state index in [1.165, 1.54) is 0 Å². The van der Waals surface area contributed by atoms with Gasteiger partial charge in [-0.25, -0.2) is 0 Å². The van der Waals surface area contributed by atoms with Crippen molar-refractivity contribution in [1.82, 2.24) is 5.32 Å². The summed E-state index contributed by atoms with van der Waals surface area (Å²) in [5.74, 6) is -0.874. The summed E-state index contributed by atoms with van der Waals surface area (Å²) < 4.78 is 37.9. The summed E-state index contributed by atoms with van der Waals surface area (Å²) in [7, 11) is 0. The summed E-state index contributed by atoms with van der Waals surface area (Å²) in [5, 5.41) is 2.12. The monoisotopic (exact) mass is 252 g/mol. The molecule has 0 radical (unpaired) electrons. The minimum atomic E-state index is -4.36. The zero-order chi connectivity index (χ0) is 13.3. The van der Waals surface area contributed by atoms with Gasteiger partial charge in [-0.15, -0.1) is 0 Å². The number of alkyl halides is 3. The lowest BCUT2D eigenvalue weighted by Gasteiger charge is -2.24. The zero-order valence-electron chi connectivity index (χ0n) is 10.1. The van der Waals surface area contributed by atoms with E-state index >= 15 is 0 Å². The molecule has 0 heterocycles. The fourth-order valence-electron chi connectivity index (χ4n) is 1.82. The van der Waals surface area contributed by atoms with Crippen LogP contribution in [0.15, 0.2) is 0 Å². The van der Waals surface area contributed by atoms with E-state index in [-0.39, 0.29) is 25.3 Å². The summed E-state index contributed by atoms with van der Waals surface area (Å²) >= 11 is 0. The molecular weight excluding hydrogens is 233 g/mol. The van der Waals surface area contributed by atoms with Gasteiger partial charge < -0.3 is 11.1 Å². The molecule has 0 aromatic carbocycles. The SMILES string of the molecule is CC(C)CC(CN)C(=O)NC1(C(F)(F)F)CC1. The molecule has 1 unspecified atom stereocenters. The highest BCUT2D eigenvalue weighted by molar-refractivity contribution is 5.80. The molecule has 3 nitrogen and oxygen atoms in total. The molecule has 3 N–H and O–H groups in total. The van der Waals surface area contributed by atoms with Gasteiger partial charge >= 0.3 is 6.18 Å². The van der Waals surface area contributed by atoms with Gasteiger partial charge in [-0.1, -0.05) is 13.8 Å². The number of rotatable bonds is 5. The van der Waals surface area contributed by atoms with Crippen LogP contribution in [0.5, 0.6) is 0 Å². The standard InChI is InChI=1S/C11H19F3N2O/c1-7(2)5-8(6-15)9(17)16-10(3-4-10)11(12,13)14/h7-8H,3-6,15H2,1-2H3,(H,16,17). The maximum absolute atomic E-state index is 12.6. The van der Waals surface area contributed by atoms with Crippen molar-refractivity contribution in [2.24, 2.45) is 17.6 Å². The van der Waals surface area contributed by atoms with Crippen LogP contribution in [-0.2, 0) is 4.79 Å². The highest BCUT2D eigenvalue weighted by Crippen LogP contribution is 2.49. The summed E-state index contributed by atoms with van der Waals surface area (Å²) in [5.41, 5.74) is 3.45. The Hall–Kier alpha value is -0.780. The van der Waals surface area contributed by atoms with E-state index in [1.54, 1.807) is 0 Å². The number of amides is 1. The molecule has 0 saturated heterocycles. The van der Waals surface area contributed by atoms with Crippen molar-refractivity contribution in [2.45, 2.75) is 44.8 Å². The number of carbonyl (C=O) groups is 1. The van der Waals surface area contributed by atoms with Gasteiger partial charge in [0.1, 0.15) is 5.54 Å². The van der Waals surface area contributed by atoms with Gasteiger partial charge in [-0.05, 0) is 25.2 Å². The lowest BCUT2D eigenvalue weighted by Crippen LogP contribution is -2.50. The fraction of sp³-hybridized carbons (Fsp3) is 0.909. The predicted molar refractivity (Wildman–Crippen MR) is 58.2 cm³/mol. The fourth-order valence-corrected chi connectivity index (χ4v) is 1.82. The highest BCUT2D eigenvalue weighted by Gasteiger charge is 2.64. The topological polar surface area (TPSA) is 55.1 Å². The molecule has 1 fully saturated rings. The number of halogens is 3. The third kappa shape index (κ3) is 3.34. The molecule has 1 saturated carbocycles. The lowest BCUT2D eigenvalue weighted by atomic mass is 9.96. The molecule has 100 valence electrons. The molecule has 17 heavy (non-hydrogen) atoms. The first kappa shape index (κ1) is 14.3. The highest BCUT2D eigenvalue weighted by atomic mass is 19.4. The molecule has 0 aliphatic heterocycles. The van der Waals surface area contributed by atoms with Crippen LogP contribution in [-0.4, -0.2) is 24.2 Å². The predicted octanol–water partition coefficient (Wildman–Crippen LogP) is 1.82. The van der Waals surface area contributed by atoms with E-state index in [0.717, 1.165) is 0 Å². The lowest BCUT2D eigenvalue weighted by molar-refractivity contribution is -0.171. The second kappa shape index (κ2) is 4.84. The largest absolute Gasteiger partial charge is 0.411 e. The molecule has 1 atom stereocenters. The molecular formula is C11H19F3N2O. The molecule has 6 heteroatoms. The van der Waals surface area contributed by atoms with E-state index < -0.39 is 23.5 Å². The van der Waals surface area contributed by atoms with Crippen molar-refractivity contribution in [2.75, 3.05) is 6.54 Å². The van der Waals surface area contributed by atoms with Crippen molar-refractivity contribution in [3.05, 3.63) is 0 Å². The average molecular weight is 252 g/mol. The Labute approximate surface area is 98.9 Å². The van der Waals surface area contributed by atoms with Crippen LogP contribution in [0.25, 0.3) is 0 Å². The maximum Gasteiger partial charge on any atom is 0.411 e. The normalized spacial score (nSPS) is 20.2. The van der Waals surface area contributed by atoms with Gasteiger partial charge in [0.15, 0.2) is 0 Å². The Bertz CT molecular complexity index is 285. The number of nitrogens with one attached hydrogen (secondary N) is 1. The summed E-state index contributed by atoms with van der Waals surface area (Å²) in [4.78, 5) is 11.7. The summed E-state index contributed by atoms with van der Waals surface area (Å²) in [6.45, 7) is 3.90. The van der Waals surface area contributed by atoms with E-state index in [9.17, 15) is 18.0 Å². The van der Waals surface area contributed by atoms with Gasteiger partial charge in [0.25, 0.3) is 0 Å². The Morgan fingerprint density at radius 3 is 2.24 bits per heavy atom. The van der Waals surface area contributed by atoms with Crippen LogP contribution in [0, 0.1) is 11.8 Å². The number of hydrogen-bond donors (Lipinski definition) is 2. The second-order valence-electron chi connectivity index (χ2n) is 5.13. The number of hydrogen-bond acceptors (Lipinski definition) is 2. The van der Waals surface area contributed by atoms with E-state index in [1.807, 2.05) is 13.8 Å². The Morgan fingerprint density at radius 2 is 1.94 bits per heavy atom. The third-order valence-corrected chi connectivity index (χ3v) is 3.07. The van der Waals surface area contributed by atoms with Crippen molar-refractivity contribution in [1.29, 1.82) is 0 Å². The molecule has 0 spiro atoms. The number of nitrogens with two attached hydrogens (primary N) is 1. The van der Waals surface area contributed by atoms with Crippen LogP contribution in [0.2, 0.25) is 0 Å². The van der Waals surface area contributed by atoms with Crippen LogP contribution in [0.1, 0.15) is 33.1 Å². The van der Waals surface area contributed by atoms with Crippen LogP contribution in [0.4, 0.5) is 13.2 Å². The molecule has 0 aromatic rings. The van der Waals surface area contributed by atoms with Crippen molar-refractivity contribution in [3.63, 3.8) is 0 Å². The van der Waals surface area contributed by atoms with E-state index in [2.05, 4.69) is 5.32 Å². The first-order valence-corrected chi connectivity index (χ1v) is 5.80. The van der Waals surface area contributed by atoms with Crippen LogP contribution >= 0.6 is 0 Å². The van der Waals surface area contributed by atoms with Crippen LogP contribution < -0.4 is 11.1 Å². The molecule has 0 aromatic heterocycles. The quantitative estimate of drug-likeness (QED) is 0.784. The first-order chi connectivity index (χ1) is 7.72. The van der Waals surface area contributed by atoms with Crippen molar-refractivity contribution >= 4 is 5.91 Å². The summed E-state index contributed by atoms with van der Waals surface area (Å²) in [6, 6.07) is 0. The maximum atomic E-state index is 12.6. The van der Waals surface area contributed by atoms with Gasteiger partial charge in [0.05, 0.1) is 5.92 Å². The Balaban J connectivity index is 2.59. The average Bonchev–Trinajstić information content (AvgIpc) is 2.93. The van der Waals surface area contributed by atoms with Gasteiger partial charge in [0, 0.05) is 6.54 Å². The first-order valence-electron chi connectivity index (χ1n) is 5.80. The number of carbonyl (C=O) groups excluding carboxylic acids is 1. The molecule has 1 rings (SSSR count). The summed E-state index contributed by atoms with van der Waals surface area (Å²) in [6.07, 6.45) is -3.90. The molecule has 1 amide bonds. The zero-order valence-corrected chi connectivity index (χ0v) is 10.1. The van der Waals surface area contributed by atoms with Crippen molar-refractivity contribution in [3.8, 4) is 0 Å². The van der Waals surface area contributed by atoms with E-state index in [0.29, 0.717) is 6.42 Å². The van der Waals surface area contributed by atoms with E-state index in [4.69, 9.17) is 5.73 Å². The van der Waals surface area contributed by atoms with Gasteiger partial charge in [-0.2, -0.15) is 13.2 Å². The Morgan fingerprint density at radius 1 is 1.41 bits per heavy atom. The minimum Gasteiger partial charge on any atom is -0.342 e. The van der Waals surface area contributed by atoms with Gasteiger partial charge in [-0.3, -0.25) is 4.79 Å². The molecule has 1 aliphatic rings. The molecule has 1 aliphatic carbocycles. The van der Waals surface area contributed by atoms with Crippen LogP contribution in [0.3, 0.4) is 0 Å². The second-order valence-corrected chi connectivity index (χ2v) is 5.13. The Kier molecular flexibility index (Phi) is 4.06. The minimum absolute atomic E-state index is 0.0266. The molecule has 0 bridgehead atoms.